The lowest BCUT2D eigenvalue weighted by atomic mass is 10.1. The van der Waals surface area contributed by atoms with Crippen LogP contribution in [0.5, 0.6) is 0 Å². The SMILES string of the molecule is Cc1ccc(C(=O)N2Cc3nc(-c4ncccn4)ncc3C2C)cc1. The van der Waals surface area contributed by atoms with Gasteiger partial charge in [-0.1, -0.05) is 17.7 Å². The summed E-state index contributed by atoms with van der Waals surface area (Å²) >= 11 is 0. The highest BCUT2D eigenvalue weighted by Gasteiger charge is 2.32. The Morgan fingerprint density at radius 2 is 1.80 bits per heavy atom. The number of hydrogen-bond acceptors (Lipinski definition) is 5. The standard InChI is InChI=1S/C19H17N5O/c1-12-4-6-14(7-5-12)19(25)24-11-16-15(13(24)2)10-22-18(23-16)17-20-8-3-9-21-17/h3-10,13H,11H2,1-2H3. The minimum Gasteiger partial charge on any atom is -0.326 e. The van der Waals surface area contributed by atoms with E-state index in [0.717, 1.165) is 16.8 Å². The Labute approximate surface area is 145 Å². The van der Waals surface area contributed by atoms with Crippen LogP contribution in [0.4, 0.5) is 0 Å². The number of fused-ring (bicyclic) bond motifs is 1. The molecule has 3 aromatic rings. The van der Waals surface area contributed by atoms with Gasteiger partial charge in [-0.25, -0.2) is 19.9 Å². The molecule has 1 unspecified atom stereocenters. The Morgan fingerprint density at radius 3 is 2.52 bits per heavy atom. The molecule has 25 heavy (non-hydrogen) atoms. The zero-order chi connectivity index (χ0) is 17.4. The van der Waals surface area contributed by atoms with Gasteiger partial charge in [-0.2, -0.15) is 0 Å². The molecule has 6 nitrogen and oxygen atoms in total. The first-order valence-corrected chi connectivity index (χ1v) is 8.14. The summed E-state index contributed by atoms with van der Waals surface area (Å²) in [4.78, 5) is 32.0. The fourth-order valence-electron chi connectivity index (χ4n) is 3.00. The van der Waals surface area contributed by atoms with E-state index in [2.05, 4.69) is 19.9 Å². The van der Waals surface area contributed by atoms with E-state index in [0.29, 0.717) is 23.8 Å². The number of carbonyl (C=O) groups is 1. The Morgan fingerprint density at radius 1 is 1.08 bits per heavy atom. The van der Waals surface area contributed by atoms with E-state index in [9.17, 15) is 4.79 Å². The lowest BCUT2D eigenvalue weighted by Gasteiger charge is -2.21. The summed E-state index contributed by atoms with van der Waals surface area (Å²) in [5, 5.41) is 0. The van der Waals surface area contributed by atoms with E-state index < -0.39 is 0 Å². The third-order valence-electron chi connectivity index (χ3n) is 4.46. The number of carbonyl (C=O) groups excluding carboxylic acids is 1. The van der Waals surface area contributed by atoms with Crippen LogP contribution in [0.3, 0.4) is 0 Å². The minimum atomic E-state index is -0.0606. The molecule has 0 radical (unpaired) electrons. The maximum Gasteiger partial charge on any atom is 0.254 e. The molecule has 1 aromatic carbocycles. The fraction of sp³-hybridized carbons (Fsp3) is 0.211. The van der Waals surface area contributed by atoms with Crippen molar-refractivity contribution in [3.05, 3.63) is 71.3 Å². The van der Waals surface area contributed by atoms with Crippen LogP contribution in [0.25, 0.3) is 11.6 Å². The Kier molecular flexibility index (Phi) is 3.72. The van der Waals surface area contributed by atoms with E-state index >= 15 is 0 Å². The Hall–Kier alpha value is -3.15. The summed E-state index contributed by atoms with van der Waals surface area (Å²) in [6, 6.07) is 9.32. The van der Waals surface area contributed by atoms with Crippen molar-refractivity contribution >= 4 is 5.91 Å². The Balaban J connectivity index is 1.63. The highest BCUT2D eigenvalue weighted by Crippen LogP contribution is 2.33. The second-order valence-electron chi connectivity index (χ2n) is 6.14. The van der Waals surface area contributed by atoms with Crippen molar-refractivity contribution in [2.45, 2.75) is 26.4 Å². The van der Waals surface area contributed by atoms with Gasteiger partial charge in [0.15, 0.2) is 11.6 Å². The summed E-state index contributed by atoms with van der Waals surface area (Å²) in [6.07, 6.45) is 5.10. The monoisotopic (exact) mass is 331 g/mol. The molecule has 0 aliphatic carbocycles. The molecule has 1 atom stereocenters. The van der Waals surface area contributed by atoms with Gasteiger partial charge in [-0.15, -0.1) is 0 Å². The number of hydrogen-bond donors (Lipinski definition) is 0. The molecule has 0 saturated carbocycles. The van der Waals surface area contributed by atoms with Gasteiger partial charge in [0.25, 0.3) is 5.91 Å². The number of amides is 1. The molecule has 6 heteroatoms. The first kappa shape index (κ1) is 15.4. The molecule has 3 heterocycles. The highest BCUT2D eigenvalue weighted by atomic mass is 16.2. The molecular weight excluding hydrogens is 314 g/mol. The lowest BCUT2D eigenvalue weighted by Crippen LogP contribution is -2.28. The van der Waals surface area contributed by atoms with Gasteiger partial charge in [0.1, 0.15) is 0 Å². The van der Waals surface area contributed by atoms with Crippen molar-refractivity contribution in [1.29, 1.82) is 0 Å². The van der Waals surface area contributed by atoms with Crippen LogP contribution in [-0.2, 0) is 6.54 Å². The largest absolute Gasteiger partial charge is 0.326 e. The predicted octanol–water partition coefficient (Wildman–Crippen LogP) is 2.96. The van der Waals surface area contributed by atoms with Gasteiger partial charge in [0, 0.05) is 29.7 Å². The number of aromatic nitrogens is 4. The van der Waals surface area contributed by atoms with E-state index in [1.807, 2.05) is 43.0 Å². The van der Waals surface area contributed by atoms with Gasteiger partial charge in [-0.05, 0) is 32.0 Å². The van der Waals surface area contributed by atoms with Crippen LogP contribution >= 0.6 is 0 Å². The number of aryl methyl sites for hydroxylation is 1. The zero-order valence-electron chi connectivity index (χ0n) is 14.0. The third-order valence-corrected chi connectivity index (χ3v) is 4.46. The van der Waals surface area contributed by atoms with Crippen molar-refractivity contribution < 1.29 is 4.79 Å². The molecule has 0 fully saturated rings. The summed E-state index contributed by atoms with van der Waals surface area (Å²) in [6.45, 7) is 4.47. The summed E-state index contributed by atoms with van der Waals surface area (Å²) in [5.41, 5.74) is 3.64. The molecule has 2 aromatic heterocycles. The summed E-state index contributed by atoms with van der Waals surface area (Å²) < 4.78 is 0. The maximum atomic E-state index is 12.8. The first-order chi connectivity index (χ1) is 12.1. The molecule has 0 N–H and O–H groups in total. The second-order valence-corrected chi connectivity index (χ2v) is 6.14. The van der Waals surface area contributed by atoms with Crippen LogP contribution in [0.1, 0.15) is 40.1 Å². The van der Waals surface area contributed by atoms with Crippen molar-refractivity contribution in [2.24, 2.45) is 0 Å². The third kappa shape index (κ3) is 2.76. The first-order valence-electron chi connectivity index (χ1n) is 8.14. The minimum absolute atomic E-state index is 0.00279. The molecule has 1 aliphatic heterocycles. The van der Waals surface area contributed by atoms with Crippen LogP contribution < -0.4 is 0 Å². The average Bonchev–Trinajstić information content (AvgIpc) is 2.98. The molecule has 4 rings (SSSR count). The maximum absolute atomic E-state index is 12.8. The molecule has 124 valence electrons. The number of nitrogens with zero attached hydrogens (tertiary/aromatic N) is 5. The van der Waals surface area contributed by atoms with Gasteiger partial charge in [0.2, 0.25) is 0 Å². The van der Waals surface area contributed by atoms with Crippen LogP contribution in [0.2, 0.25) is 0 Å². The fourth-order valence-corrected chi connectivity index (χ4v) is 3.00. The molecule has 1 aliphatic rings. The second kappa shape index (κ2) is 6.05. The lowest BCUT2D eigenvalue weighted by molar-refractivity contribution is 0.0704. The molecule has 1 amide bonds. The average molecular weight is 331 g/mol. The summed E-state index contributed by atoms with van der Waals surface area (Å²) in [7, 11) is 0. The van der Waals surface area contributed by atoms with E-state index in [-0.39, 0.29) is 11.9 Å². The summed E-state index contributed by atoms with van der Waals surface area (Å²) in [5.74, 6) is 0.973. The van der Waals surface area contributed by atoms with E-state index in [4.69, 9.17) is 0 Å². The van der Waals surface area contributed by atoms with Gasteiger partial charge < -0.3 is 4.90 Å². The van der Waals surface area contributed by atoms with Crippen molar-refractivity contribution in [2.75, 3.05) is 0 Å². The molecule has 0 spiro atoms. The van der Waals surface area contributed by atoms with Crippen LogP contribution in [0.15, 0.2) is 48.9 Å². The molecule has 0 bridgehead atoms. The Bertz CT molecular complexity index is 924. The van der Waals surface area contributed by atoms with Crippen molar-refractivity contribution in [3.63, 3.8) is 0 Å². The van der Waals surface area contributed by atoms with Crippen LogP contribution in [-0.4, -0.2) is 30.7 Å². The van der Waals surface area contributed by atoms with Crippen molar-refractivity contribution in [3.8, 4) is 11.6 Å². The zero-order valence-corrected chi connectivity index (χ0v) is 14.0. The van der Waals surface area contributed by atoms with Gasteiger partial charge >= 0.3 is 0 Å². The predicted molar refractivity (Wildman–Crippen MR) is 92.5 cm³/mol. The van der Waals surface area contributed by atoms with Crippen LogP contribution in [0, 0.1) is 6.92 Å². The number of rotatable bonds is 2. The van der Waals surface area contributed by atoms with Gasteiger partial charge in [-0.3, -0.25) is 4.79 Å². The molecule has 0 saturated heterocycles. The molecular formula is C19H17N5O. The topological polar surface area (TPSA) is 71.9 Å². The highest BCUT2D eigenvalue weighted by molar-refractivity contribution is 5.94. The van der Waals surface area contributed by atoms with Gasteiger partial charge in [0.05, 0.1) is 18.3 Å². The van der Waals surface area contributed by atoms with Crippen molar-refractivity contribution in [1.82, 2.24) is 24.8 Å². The van der Waals surface area contributed by atoms with E-state index in [1.54, 1.807) is 24.7 Å². The normalized spacial score (nSPS) is 15.9. The van der Waals surface area contributed by atoms with E-state index in [1.165, 1.54) is 0 Å². The quantitative estimate of drug-likeness (QED) is 0.722. The number of benzene rings is 1. The smallest absolute Gasteiger partial charge is 0.254 e.